The van der Waals surface area contributed by atoms with Gasteiger partial charge in [0.1, 0.15) is 10.7 Å². The van der Waals surface area contributed by atoms with Gasteiger partial charge in [-0.1, -0.05) is 13.8 Å². The number of hydrogen-bond acceptors (Lipinski definition) is 6. The van der Waals surface area contributed by atoms with E-state index in [0.29, 0.717) is 37.7 Å². The van der Waals surface area contributed by atoms with Crippen molar-refractivity contribution in [2.75, 3.05) is 32.8 Å². The highest BCUT2D eigenvalue weighted by Gasteiger charge is 2.22. The van der Waals surface area contributed by atoms with Gasteiger partial charge >= 0.3 is 0 Å². The maximum Gasteiger partial charge on any atom is 0.259 e. The minimum absolute atomic E-state index is 0.0344. The fraction of sp³-hybridized carbons (Fsp3) is 0.682. The molecule has 2 aromatic heterocycles. The number of hydrogen-bond donors (Lipinski definition) is 2. The van der Waals surface area contributed by atoms with E-state index < -0.39 is 0 Å². The lowest BCUT2D eigenvalue weighted by atomic mass is 9.97. The van der Waals surface area contributed by atoms with E-state index in [-0.39, 0.29) is 17.6 Å². The molecule has 1 atom stereocenters. The SMILES string of the molecule is CC(C)CN1CCO[C@@H](CNC(=O)CCc2nc3sc4c(c3c(=O)[nH]2)CCCC4)C1. The number of H-pyrrole nitrogens is 1. The highest BCUT2D eigenvalue weighted by Crippen LogP contribution is 2.33. The standard InChI is InChI=1S/C22H32N4O3S/c1-14(2)12-26-9-10-29-15(13-26)11-23-19(27)8-7-18-24-21(28)20-16-5-3-4-6-17(16)30-22(20)25-18/h14-15H,3-13H2,1-2H3,(H,23,27)(H,24,25,28)/t15-/m0/s1. The van der Waals surface area contributed by atoms with Crippen molar-refractivity contribution in [2.45, 2.75) is 58.5 Å². The van der Waals surface area contributed by atoms with Crippen LogP contribution in [0.25, 0.3) is 10.2 Å². The van der Waals surface area contributed by atoms with Crippen molar-refractivity contribution < 1.29 is 9.53 Å². The smallest absolute Gasteiger partial charge is 0.259 e. The molecule has 0 unspecified atom stereocenters. The molecule has 1 fully saturated rings. The molecule has 1 aliphatic carbocycles. The second-order valence-electron chi connectivity index (χ2n) is 8.85. The topological polar surface area (TPSA) is 87.3 Å². The zero-order chi connectivity index (χ0) is 21.1. The van der Waals surface area contributed by atoms with Gasteiger partial charge in [-0.25, -0.2) is 4.98 Å². The molecular formula is C22H32N4O3S. The van der Waals surface area contributed by atoms with Gasteiger partial charge in [0.15, 0.2) is 0 Å². The Labute approximate surface area is 181 Å². The van der Waals surface area contributed by atoms with E-state index in [1.54, 1.807) is 11.3 Å². The summed E-state index contributed by atoms with van der Waals surface area (Å²) in [7, 11) is 0. The van der Waals surface area contributed by atoms with Gasteiger partial charge in [0.05, 0.1) is 18.1 Å². The van der Waals surface area contributed by atoms with Crippen molar-refractivity contribution in [1.29, 1.82) is 0 Å². The van der Waals surface area contributed by atoms with Gasteiger partial charge in [0, 0.05) is 43.9 Å². The molecule has 1 amide bonds. The van der Waals surface area contributed by atoms with E-state index in [4.69, 9.17) is 4.74 Å². The van der Waals surface area contributed by atoms with Crippen LogP contribution in [0, 0.1) is 5.92 Å². The Bertz CT molecular complexity index is 952. The first-order valence-electron chi connectivity index (χ1n) is 11.1. The molecule has 0 saturated carbocycles. The van der Waals surface area contributed by atoms with Gasteiger partial charge in [-0.3, -0.25) is 14.5 Å². The van der Waals surface area contributed by atoms with E-state index in [2.05, 4.69) is 34.0 Å². The lowest BCUT2D eigenvalue weighted by Gasteiger charge is -2.33. The molecule has 2 aromatic rings. The van der Waals surface area contributed by atoms with Crippen LogP contribution in [0.5, 0.6) is 0 Å². The van der Waals surface area contributed by atoms with Crippen LogP contribution in [-0.2, 0) is 28.8 Å². The number of carbonyl (C=O) groups excluding carboxylic acids is 1. The van der Waals surface area contributed by atoms with Crippen molar-refractivity contribution in [3.05, 3.63) is 26.6 Å². The zero-order valence-corrected chi connectivity index (χ0v) is 18.8. The predicted octanol–water partition coefficient (Wildman–Crippen LogP) is 2.27. The molecular weight excluding hydrogens is 400 g/mol. The molecule has 2 N–H and O–H groups in total. The number of carbonyl (C=O) groups is 1. The minimum atomic E-state index is -0.0596. The lowest BCUT2D eigenvalue weighted by Crippen LogP contribution is -2.48. The van der Waals surface area contributed by atoms with Crippen LogP contribution in [0.3, 0.4) is 0 Å². The number of nitrogens with zero attached hydrogens (tertiary/aromatic N) is 2. The quantitative estimate of drug-likeness (QED) is 0.701. The Morgan fingerprint density at radius 2 is 2.20 bits per heavy atom. The van der Waals surface area contributed by atoms with E-state index in [0.717, 1.165) is 49.1 Å². The fourth-order valence-corrected chi connectivity index (χ4v) is 5.74. The largest absolute Gasteiger partial charge is 0.374 e. The summed E-state index contributed by atoms with van der Waals surface area (Å²) in [4.78, 5) is 37.0. The summed E-state index contributed by atoms with van der Waals surface area (Å²) in [6, 6.07) is 0. The lowest BCUT2D eigenvalue weighted by molar-refractivity contribution is -0.122. The van der Waals surface area contributed by atoms with Crippen molar-refractivity contribution in [1.82, 2.24) is 20.2 Å². The molecule has 3 heterocycles. The molecule has 30 heavy (non-hydrogen) atoms. The second kappa shape index (κ2) is 9.58. The van der Waals surface area contributed by atoms with Gasteiger partial charge in [-0.2, -0.15) is 0 Å². The predicted molar refractivity (Wildman–Crippen MR) is 119 cm³/mol. The summed E-state index contributed by atoms with van der Waals surface area (Å²) in [6.45, 7) is 8.53. The van der Waals surface area contributed by atoms with Crippen molar-refractivity contribution in [2.24, 2.45) is 5.92 Å². The highest BCUT2D eigenvalue weighted by molar-refractivity contribution is 7.18. The Balaban J connectivity index is 1.30. The molecule has 164 valence electrons. The van der Waals surface area contributed by atoms with Crippen LogP contribution in [0.2, 0.25) is 0 Å². The first-order valence-corrected chi connectivity index (χ1v) is 12.0. The monoisotopic (exact) mass is 432 g/mol. The molecule has 0 radical (unpaired) electrons. The number of amides is 1. The average Bonchev–Trinajstić information content (AvgIpc) is 3.09. The summed E-state index contributed by atoms with van der Waals surface area (Å²) in [5, 5.41) is 3.75. The number of thiophene rings is 1. The number of nitrogens with one attached hydrogen (secondary N) is 2. The van der Waals surface area contributed by atoms with Gasteiger partial charge < -0.3 is 15.0 Å². The van der Waals surface area contributed by atoms with Crippen LogP contribution in [-0.4, -0.2) is 59.7 Å². The van der Waals surface area contributed by atoms with Crippen LogP contribution in [0.15, 0.2) is 4.79 Å². The maximum absolute atomic E-state index is 12.6. The number of rotatable bonds is 7. The van der Waals surface area contributed by atoms with Gasteiger partial charge in [0.2, 0.25) is 5.91 Å². The molecule has 2 aliphatic rings. The molecule has 8 heteroatoms. The highest BCUT2D eigenvalue weighted by atomic mass is 32.1. The Hall–Kier alpha value is -1.77. The molecule has 1 aliphatic heterocycles. The van der Waals surface area contributed by atoms with E-state index in [1.807, 2.05) is 0 Å². The first-order chi connectivity index (χ1) is 14.5. The Kier molecular flexibility index (Phi) is 6.85. The summed E-state index contributed by atoms with van der Waals surface area (Å²) < 4.78 is 5.79. The fourth-order valence-electron chi connectivity index (χ4n) is 4.46. The number of aromatic amines is 1. The van der Waals surface area contributed by atoms with Crippen molar-refractivity contribution >= 4 is 27.5 Å². The number of morpholine rings is 1. The third kappa shape index (κ3) is 5.10. The summed E-state index contributed by atoms with van der Waals surface area (Å²) >= 11 is 1.64. The normalized spacial score (nSPS) is 19.9. The molecule has 0 bridgehead atoms. The van der Waals surface area contributed by atoms with Crippen LogP contribution >= 0.6 is 11.3 Å². The van der Waals surface area contributed by atoms with Gasteiger partial charge in [-0.05, 0) is 37.2 Å². The third-order valence-electron chi connectivity index (χ3n) is 5.84. The zero-order valence-electron chi connectivity index (χ0n) is 18.0. The number of aromatic nitrogens is 2. The van der Waals surface area contributed by atoms with E-state index in [9.17, 15) is 9.59 Å². The molecule has 7 nitrogen and oxygen atoms in total. The Morgan fingerprint density at radius 3 is 3.03 bits per heavy atom. The molecule has 0 spiro atoms. The number of ether oxygens (including phenoxy) is 1. The van der Waals surface area contributed by atoms with Gasteiger partial charge in [-0.15, -0.1) is 11.3 Å². The second-order valence-corrected chi connectivity index (χ2v) is 9.94. The van der Waals surface area contributed by atoms with Crippen LogP contribution < -0.4 is 10.9 Å². The van der Waals surface area contributed by atoms with Crippen LogP contribution in [0.1, 0.15) is 49.4 Å². The molecule has 0 aromatic carbocycles. The van der Waals surface area contributed by atoms with Crippen LogP contribution in [0.4, 0.5) is 0 Å². The van der Waals surface area contributed by atoms with Crippen molar-refractivity contribution in [3.8, 4) is 0 Å². The van der Waals surface area contributed by atoms with Crippen molar-refractivity contribution in [3.63, 3.8) is 0 Å². The number of aryl methyl sites for hydroxylation is 3. The summed E-state index contributed by atoms with van der Waals surface area (Å²) in [6.07, 6.45) is 5.12. The average molecular weight is 433 g/mol. The Morgan fingerprint density at radius 1 is 1.37 bits per heavy atom. The first kappa shape index (κ1) is 21.5. The minimum Gasteiger partial charge on any atom is -0.374 e. The maximum atomic E-state index is 12.6. The molecule has 4 rings (SSSR count). The van der Waals surface area contributed by atoms with Gasteiger partial charge in [0.25, 0.3) is 5.56 Å². The van der Waals surface area contributed by atoms with E-state index >= 15 is 0 Å². The third-order valence-corrected chi connectivity index (χ3v) is 7.02. The molecule has 1 saturated heterocycles. The summed E-state index contributed by atoms with van der Waals surface area (Å²) in [5.41, 5.74) is 1.13. The number of fused-ring (bicyclic) bond motifs is 3. The summed E-state index contributed by atoms with van der Waals surface area (Å²) in [5.74, 6) is 1.19. The van der Waals surface area contributed by atoms with E-state index in [1.165, 1.54) is 16.9 Å².